The molecule has 0 bridgehead atoms. The molecular formula is C21H34ClN3OS. The van der Waals surface area contributed by atoms with E-state index < -0.39 is 0 Å². The minimum atomic E-state index is -0.334. The lowest BCUT2D eigenvalue weighted by molar-refractivity contribution is -0.122. The van der Waals surface area contributed by atoms with Crippen LogP contribution in [0.15, 0.2) is 18.2 Å². The van der Waals surface area contributed by atoms with Gasteiger partial charge >= 0.3 is 0 Å². The van der Waals surface area contributed by atoms with Gasteiger partial charge in [-0.3, -0.25) is 4.79 Å². The van der Waals surface area contributed by atoms with Crippen LogP contribution in [-0.4, -0.2) is 53.7 Å². The third kappa shape index (κ3) is 5.41. The van der Waals surface area contributed by atoms with E-state index in [9.17, 15) is 4.79 Å². The Hall–Kier alpha value is -0.750. The van der Waals surface area contributed by atoms with Gasteiger partial charge < -0.3 is 15.5 Å². The van der Waals surface area contributed by atoms with Crippen LogP contribution >= 0.6 is 24.2 Å². The first-order valence-corrected chi connectivity index (χ1v) is 10.7. The molecule has 2 heterocycles. The second-order valence-electron chi connectivity index (χ2n) is 8.15. The summed E-state index contributed by atoms with van der Waals surface area (Å²) in [6, 6.07) is 6.60. The predicted octanol–water partition coefficient (Wildman–Crippen LogP) is 3.46. The van der Waals surface area contributed by atoms with E-state index >= 15 is 0 Å². The van der Waals surface area contributed by atoms with E-state index in [0.717, 1.165) is 39.1 Å². The van der Waals surface area contributed by atoms with Gasteiger partial charge in [0.2, 0.25) is 5.91 Å². The molecule has 2 saturated heterocycles. The first-order chi connectivity index (χ1) is 12.4. The van der Waals surface area contributed by atoms with Crippen molar-refractivity contribution in [1.29, 1.82) is 0 Å². The first kappa shape index (κ1) is 22.5. The van der Waals surface area contributed by atoms with E-state index in [1.165, 1.54) is 23.1 Å². The van der Waals surface area contributed by atoms with E-state index in [4.69, 9.17) is 0 Å². The van der Waals surface area contributed by atoms with Gasteiger partial charge in [-0.1, -0.05) is 18.2 Å². The van der Waals surface area contributed by atoms with Crippen molar-refractivity contribution in [3.05, 3.63) is 34.9 Å². The molecule has 2 aliphatic rings. The molecule has 2 atom stereocenters. The number of halogens is 1. The van der Waals surface area contributed by atoms with Gasteiger partial charge in [0.25, 0.3) is 0 Å². The Morgan fingerprint density at radius 3 is 2.59 bits per heavy atom. The molecule has 1 amide bonds. The number of benzene rings is 1. The van der Waals surface area contributed by atoms with Crippen LogP contribution in [-0.2, 0) is 4.79 Å². The minimum absolute atomic E-state index is 0. The van der Waals surface area contributed by atoms with Gasteiger partial charge in [-0.15, -0.1) is 24.2 Å². The van der Waals surface area contributed by atoms with Crippen molar-refractivity contribution in [2.75, 3.05) is 32.7 Å². The Kier molecular flexibility index (Phi) is 8.05. The van der Waals surface area contributed by atoms with Crippen molar-refractivity contribution in [3.8, 4) is 0 Å². The summed E-state index contributed by atoms with van der Waals surface area (Å²) >= 11 is 1.80. The molecule has 2 aliphatic heterocycles. The minimum Gasteiger partial charge on any atom is -0.342 e. The fraction of sp³-hybridized carbons (Fsp3) is 0.667. The Morgan fingerprint density at radius 1 is 1.26 bits per heavy atom. The van der Waals surface area contributed by atoms with Crippen LogP contribution in [0.3, 0.4) is 0 Å². The highest BCUT2D eigenvalue weighted by Crippen LogP contribution is 2.43. The van der Waals surface area contributed by atoms with Crippen LogP contribution in [0.4, 0.5) is 0 Å². The lowest BCUT2D eigenvalue weighted by Gasteiger charge is -2.30. The van der Waals surface area contributed by atoms with Crippen LogP contribution in [0.25, 0.3) is 0 Å². The number of hydrogen-bond acceptors (Lipinski definition) is 4. The third-order valence-corrected chi connectivity index (χ3v) is 7.33. The molecule has 27 heavy (non-hydrogen) atoms. The Labute approximate surface area is 174 Å². The maximum absolute atomic E-state index is 12.4. The topological polar surface area (TPSA) is 44.4 Å². The summed E-state index contributed by atoms with van der Waals surface area (Å²) in [6.07, 6.45) is 2.29. The van der Waals surface area contributed by atoms with Crippen molar-refractivity contribution in [1.82, 2.24) is 15.5 Å². The summed E-state index contributed by atoms with van der Waals surface area (Å²) in [5, 5.41) is 6.87. The number of nitrogens with zero attached hydrogens (tertiary/aromatic N) is 1. The number of thioether (sulfide) groups is 1. The molecule has 0 aromatic heterocycles. The van der Waals surface area contributed by atoms with Gasteiger partial charge in [-0.25, -0.2) is 0 Å². The first-order valence-electron chi connectivity index (χ1n) is 9.86. The van der Waals surface area contributed by atoms with E-state index in [1.54, 1.807) is 11.8 Å². The second kappa shape index (κ2) is 9.64. The number of nitrogens with one attached hydrogen (secondary N) is 2. The van der Waals surface area contributed by atoms with Crippen molar-refractivity contribution in [3.63, 3.8) is 0 Å². The molecule has 0 aliphatic carbocycles. The lowest BCUT2D eigenvalue weighted by Crippen LogP contribution is -2.43. The summed E-state index contributed by atoms with van der Waals surface area (Å²) in [7, 11) is 0. The number of hydrogen-bond donors (Lipinski definition) is 2. The zero-order valence-electron chi connectivity index (χ0n) is 17.0. The van der Waals surface area contributed by atoms with Gasteiger partial charge in [0.1, 0.15) is 0 Å². The van der Waals surface area contributed by atoms with E-state index in [0.29, 0.717) is 5.92 Å². The average Bonchev–Trinajstić information content (AvgIpc) is 2.88. The van der Waals surface area contributed by atoms with Gasteiger partial charge in [0.05, 0.1) is 10.1 Å². The Bertz CT molecular complexity index is 646. The smallest absolute Gasteiger partial charge is 0.236 e. The standard InChI is InChI=1S/C21H33N3OS.ClH/c1-15-7-5-8-17(16(15)2)18(19-23-20(25)21(3,4)26-19)9-6-12-24-13-10-22-11-14-24;/h5,7-8,18-19,22H,6,9-14H2,1-4H3,(H,23,25);1H. The van der Waals surface area contributed by atoms with Gasteiger partial charge in [-0.2, -0.15) is 0 Å². The fourth-order valence-electron chi connectivity index (χ4n) is 4.00. The van der Waals surface area contributed by atoms with E-state index in [2.05, 4.69) is 47.6 Å². The molecule has 3 rings (SSSR count). The Morgan fingerprint density at radius 2 is 1.96 bits per heavy atom. The fourth-order valence-corrected chi connectivity index (χ4v) is 5.41. The summed E-state index contributed by atoms with van der Waals surface area (Å²) in [5.41, 5.74) is 4.11. The van der Waals surface area contributed by atoms with Crippen molar-refractivity contribution < 1.29 is 4.79 Å². The average molecular weight is 412 g/mol. The molecule has 0 radical (unpaired) electrons. The molecule has 4 nitrogen and oxygen atoms in total. The second-order valence-corrected chi connectivity index (χ2v) is 9.92. The summed E-state index contributed by atoms with van der Waals surface area (Å²) in [4.78, 5) is 14.9. The molecule has 0 spiro atoms. The van der Waals surface area contributed by atoms with Crippen LogP contribution in [0.1, 0.15) is 49.3 Å². The number of carbonyl (C=O) groups is 1. The normalized spacial score (nSPS) is 23.6. The third-order valence-electron chi connectivity index (χ3n) is 5.85. The molecule has 2 fully saturated rings. The predicted molar refractivity (Wildman–Crippen MR) is 118 cm³/mol. The number of rotatable bonds is 6. The van der Waals surface area contributed by atoms with Crippen molar-refractivity contribution in [2.45, 2.75) is 56.6 Å². The number of piperazine rings is 1. The zero-order chi connectivity index (χ0) is 18.7. The molecule has 0 saturated carbocycles. The van der Waals surface area contributed by atoms with Gasteiger partial charge in [0.15, 0.2) is 0 Å². The van der Waals surface area contributed by atoms with Gasteiger partial charge in [-0.05, 0) is 63.8 Å². The summed E-state index contributed by atoms with van der Waals surface area (Å²) in [6.45, 7) is 14.1. The molecule has 1 aromatic carbocycles. The maximum Gasteiger partial charge on any atom is 0.236 e. The quantitative estimate of drug-likeness (QED) is 0.752. The van der Waals surface area contributed by atoms with Crippen molar-refractivity contribution in [2.24, 2.45) is 0 Å². The highest BCUT2D eigenvalue weighted by atomic mass is 35.5. The zero-order valence-corrected chi connectivity index (χ0v) is 18.6. The molecule has 2 N–H and O–H groups in total. The van der Waals surface area contributed by atoms with Crippen LogP contribution in [0.5, 0.6) is 0 Å². The molecular weight excluding hydrogens is 378 g/mol. The van der Waals surface area contributed by atoms with E-state index in [-0.39, 0.29) is 28.4 Å². The molecule has 152 valence electrons. The van der Waals surface area contributed by atoms with Gasteiger partial charge in [0, 0.05) is 32.1 Å². The number of carbonyl (C=O) groups excluding carboxylic acids is 1. The number of amides is 1. The lowest BCUT2D eigenvalue weighted by atomic mass is 9.88. The SMILES string of the molecule is Cc1cccc(C(CCCN2CCNCC2)C2NC(=O)C(C)(C)S2)c1C.Cl. The summed E-state index contributed by atoms with van der Waals surface area (Å²) < 4.78 is -0.334. The number of aryl methyl sites for hydroxylation is 1. The van der Waals surface area contributed by atoms with Crippen LogP contribution in [0, 0.1) is 13.8 Å². The van der Waals surface area contributed by atoms with Crippen LogP contribution < -0.4 is 10.6 Å². The van der Waals surface area contributed by atoms with Crippen LogP contribution in [0.2, 0.25) is 0 Å². The highest BCUT2D eigenvalue weighted by molar-refractivity contribution is 8.02. The maximum atomic E-state index is 12.4. The Balaban J connectivity index is 0.00000261. The van der Waals surface area contributed by atoms with E-state index in [1.807, 2.05) is 13.8 Å². The molecule has 2 unspecified atom stereocenters. The largest absolute Gasteiger partial charge is 0.342 e. The molecule has 1 aromatic rings. The van der Waals surface area contributed by atoms with Crippen molar-refractivity contribution >= 4 is 30.1 Å². The highest BCUT2D eigenvalue weighted by Gasteiger charge is 2.43. The molecule has 6 heteroatoms. The summed E-state index contributed by atoms with van der Waals surface area (Å²) in [5.74, 6) is 0.540. The monoisotopic (exact) mass is 411 g/mol.